The number of ether oxygens (including phenoxy) is 1. The average Bonchev–Trinajstić information content (AvgIpc) is 2.90. The second-order valence-electron chi connectivity index (χ2n) is 9.35. The summed E-state index contributed by atoms with van der Waals surface area (Å²) in [6, 6.07) is 19.0. The van der Waals surface area contributed by atoms with E-state index in [-0.39, 0.29) is 11.2 Å². The molecule has 1 aliphatic rings. The highest BCUT2D eigenvalue weighted by atomic mass is 28.3. The molecule has 0 aliphatic carbocycles. The number of rotatable bonds is 5. The molecule has 1 heterocycles. The lowest BCUT2D eigenvalue weighted by Gasteiger charge is -2.32. The standard InChI is InChI=1S/C24H33BO3Si/c1-18(29(7,8)21-12-10-9-11-13-21)22(19-14-16-20(26-6)17-15-19)25-27-23(2,3)24(4,5)28-25/h9-17H,1-8H3/b22-18+. The Morgan fingerprint density at radius 1 is 0.862 bits per heavy atom. The summed E-state index contributed by atoms with van der Waals surface area (Å²) in [6.45, 7) is 15.5. The molecule has 0 spiro atoms. The minimum Gasteiger partial charge on any atom is -0.497 e. The monoisotopic (exact) mass is 408 g/mol. The summed E-state index contributed by atoms with van der Waals surface area (Å²) < 4.78 is 18.4. The Morgan fingerprint density at radius 2 is 1.38 bits per heavy atom. The third kappa shape index (κ3) is 4.09. The third-order valence-electron chi connectivity index (χ3n) is 6.73. The Hall–Kier alpha value is -1.82. The summed E-state index contributed by atoms with van der Waals surface area (Å²) >= 11 is 0. The molecule has 154 valence electrons. The van der Waals surface area contributed by atoms with Crippen LogP contribution in [0.3, 0.4) is 0 Å². The predicted molar refractivity (Wildman–Crippen MR) is 125 cm³/mol. The maximum absolute atomic E-state index is 6.50. The van der Waals surface area contributed by atoms with Gasteiger partial charge in [0, 0.05) is 0 Å². The number of hydrogen-bond acceptors (Lipinski definition) is 3. The molecule has 0 N–H and O–H groups in total. The highest BCUT2D eigenvalue weighted by Gasteiger charge is 2.53. The normalized spacial score (nSPS) is 19.1. The predicted octanol–water partition coefficient (Wildman–Crippen LogP) is 5.25. The van der Waals surface area contributed by atoms with E-state index in [2.05, 4.69) is 90.2 Å². The van der Waals surface area contributed by atoms with Crippen LogP contribution >= 0.6 is 0 Å². The fourth-order valence-corrected chi connectivity index (χ4v) is 6.06. The van der Waals surface area contributed by atoms with Gasteiger partial charge >= 0.3 is 7.12 Å². The zero-order chi connectivity index (χ0) is 21.4. The van der Waals surface area contributed by atoms with Gasteiger partial charge in [0.15, 0.2) is 0 Å². The van der Waals surface area contributed by atoms with E-state index in [0.29, 0.717) is 0 Å². The number of methoxy groups -OCH3 is 1. The summed E-state index contributed by atoms with van der Waals surface area (Å²) in [6.07, 6.45) is 0. The zero-order valence-electron chi connectivity index (χ0n) is 19.0. The van der Waals surface area contributed by atoms with Crippen LogP contribution in [-0.2, 0) is 9.31 Å². The number of benzene rings is 2. The molecule has 0 radical (unpaired) electrons. The van der Waals surface area contributed by atoms with E-state index in [0.717, 1.165) is 16.8 Å². The van der Waals surface area contributed by atoms with E-state index in [1.165, 1.54) is 10.4 Å². The maximum Gasteiger partial charge on any atom is 0.495 e. The van der Waals surface area contributed by atoms with Crippen molar-refractivity contribution in [2.24, 2.45) is 0 Å². The summed E-state index contributed by atoms with van der Waals surface area (Å²) in [5.74, 6) is 0.847. The van der Waals surface area contributed by atoms with Crippen LogP contribution in [0.5, 0.6) is 5.75 Å². The molecule has 1 aliphatic heterocycles. The Kier molecular flexibility index (Phi) is 5.87. The Balaban J connectivity index is 2.16. The second kappa shape index (κ2) is 7.78. The molecule has 1 fully saturated rings. The minimum atomic E-state index is -1.92. The lowest BCUT2D eigenvalue weighted by Crippen LogP contribution is -2.44. The molecule has 5 heteroatoms. The van der Waals surface area contributed by atoms with Crippen molar-refractivity contribution in [2.75, 3.05) is 7.11 Å². The largest absolute Gasteiger partial charge is 0.497 e. The maximum atomic E-state index is 6.50. The quantitative estimate of drug-likeness (QED) is 0.632. The fraction of sp³-hybridized carbons (Fsp3) is 0.417. The van der Waals surface area contributed by atoms with Gasteiger partial charge in [-0.3, -0.25) is 0 Å². The van der Waals surface area contributed by atoms with Gasteiger partial charge in [-0.1, -0.05) is 65.9 Å². The molecule has 0 atom stereocenters. The molecule has 0 unspecified atom stereocenters. The van der Waals surface area contributed by atoms with Crippen molar-refractivity contribution in [2.45, 2.75) is 58.9 Å². The van der Waals surface area contributed by atoms with E-state index in [9.17, 15) is 0 Å². The molecule has 0 amide bonds. The Morgan fingerprint density at radius 3 is 1.86 bits per heavy atom. The third-order valence-corrected chi connectivity index (χ3v) is 10.6. The van der Waals surface area contributed by atoms with E-state index >= 15 is 0 Å². The van der Waals surface area contributed by atoms with Gasteiger partial charge in [0.05, 0.1) is 18.3 Å². The Bertz CT molecular complexity index is 870. The van der Waals surface area contributed by atoms with Crippen molar-refractivity contribution >= 4 is 25.9 Å². The number of allylic oxidation sites excluding steroid dienone is 1. The molecule has 1 saturated heterocycles. The molecule has 3 nitrogen and oxygen atoms in total. The van der Waals surface area contributed by atoms with E-state index < -0.39 is 15.2 Å². The number of hydrogen-bond donors (Lipinski definition) is 0. The van der Waals surface area contributed by atoms with Crippen LogP contribution < -0.4 is 9.92 Å². The molecule has 0 bridgehead atoms. The first-order chi connectivity index (χ1) is 13.5. The molecule has 29 heavy (non-hydrogen) atoms. The van der Waals surface area contributed by atoms with Gasteiger partial charge in [0.1, 0.15) is 13.8 Å². The SMILES string of the molecule is COc1ccc(/C(B2OC(C)(C)C(C)(C)O2)=C(/C)[Si](C)(C)c2ccccc2)cc1. The van der Waals surface area contributed by atoms with Gasteiger partial charge in [-0.2, -0.15) is 0 Å². The van der Waals surface area contributed by atoms with Gasteiger partial charge in [-0.25, -0.2) is 0 Å². The van der Waals surface area contributed by atoms with Crippen molar-refractivity contribution in [1.29, 1.82) is 0 Å². The molecule has 0 saturated carbocycles. The van der Waals surface area contributed by atoms with Gasteiger partial charge < -0.3 is 14.0 Å². The van der Waals surface area contributed by atoms with Crippen LogP contribution in [0.15, 0.2) is 59.8 Å². The first kappa shape index (κ1) is 21.9. The molecule has 3 rings (SSSR count). The lowest BCUT2D eigenvalue weighted by molar-refractivity contribution is 0.00578. The molecule has 2 aromatic carbocycles. The van der Waals surface area contributed by atoms with Crippen LogP contribution in [0.1, 0.15) is 40.2 Å². The van der Waals surface area contributed by atoms with Crippen LogP contribution in [0, 0.1) is 0 Å². The summed E-state index contributed by atoms with van der Waals surface area (Å²) in [4.78, 5) is 0. The van der Waals surface area contributed by atoms with Crippen LogP contribution in [-0.4, -0.2) is 33.5 Å². The molecular weight excluding hydrogens is 375 g/mol. The summed E-state index contributed by atoms with van der Waals surface area (Å²) in [7, 11) is -0.630. The highest BCUT2D eigenvalue weighted by molar-refractivity contribution is 6.98. The zero-order valence-corrected chi connectivity index (χ0v) is 20.0. The average molecular weight is 408 g/mol. The summed E-state index contributed by atoms with van der Waals surface area (Å²) in [5.41, 5.74) is 1.51. The van der Waals surface area contributed by atoms with Crippen molar-refractivity contribution in [3.63, 3.8) is 0 Å². The van der Waals surface area contributed by atoms with Gasteiger partial charge in [-0.15, -0.1) is 0 Å². The van der Waals surface area contributed by atoms with Crippen molar-refractivity contribution in [3.05, 3.63) is 65.4 Å². The van der Waals surface area contributed by atoms with Gasteiger partial charge in [-0.05, 0) is 57.8 Å². The van der Waals surface area contributed by atoms with Crippen molar-refractivity contribution in [1.82, 2.24) is 0 Å². The second-order valence-corrected chi connectivity index (χ2v) is 13.9. The van der Waals surface area contributed by atoms with E-state index in [1.54, 1.807) is 7.11 Å². The minimum absolute atomic E-state index is 0.381. The molecular formula is C24H33BO3Si. The van der Waals surface area contributed by atoms with E-state index in [4.69, 9.17) is 14.0 Å². The topological polar surface area (TPSA) is 27.7 Å². The van der Waals surface area contributed by atoms with Gasteiger partial charge in [0.25, 0.3) is 0 Å². The smallest absolute Gasteiger partial charge is 0.495 e. The first-order valence-corrected chi connectivity index (χ1v) is 13.3. The van der Waals surface area contributed by atoms with Gasteiger partial charge in [0.2, 0.25) is 0 Å². The fourth-order valence-electron chi connectivity index (χ4n) is 3.67. The first-order valence-electron chi connectivity index (χ1n) is 10.3. The van der Waals surface area contributed by atoms with E-state index in [1.807, 2.05) is 12.1 Å². The summed E-state index contributed by atoms with van der Waals surface area (Å²) in [5, 5.41) is 2.77. The van der Waals surface area contributed by atoms with Crippen LogP contribution in [0.25, 0.3) is 5.47 Å². The molecule has 0 aromatic heterocycles. The van der Waals surface area contributed by atoms with Crippen LogP contribution in [0.4, 0.5) is 0 Å². The highest BCUT2D eigenvalue weighted by Crippen LogP contribution is 2.42. The Labute approximate surface area is 177 Å². The van der Waals surface area contributed by atoms with Crippen molar-refractivity contribution in [3.8, 4) is 5.75 Å². The van der Waals surface area contributed by atoms with Crippen LogP contribution in [0.2, 0.25) is 13.1 Å². The van der Waals surface area contributed by atoms with Crippen molar-refractivity contribution < 1.29 is 14.0 Å². The lowest BCUT2D eigenvalue weighted by atomic mass is 9.73. The molecule has 2 aromatic rings.